The van der Waals surface area contributed by atoms with Gasteiger partial charge in [-0.2, -0.15) is 0 Å². The molecule has 0 aliphatic rings. The van der Waals surface area contributed by atoms with Crippen molar-refractivity contribution in [2.75, 3.05) is 0 Å². The summed E-state index contributed by atoms with van der Waals surface area (Å²) >= 11 is 6.59. The largest absolute Gasteiger partial charge is 0.293 e. The Bertz CT molecular complexity index is 1560. The molecule has 9 heteroatoms. The second kappa shape index (κ2) is 13.0. The highest BCUT2D eigenvalue weighted by atomic mass is 32.2. The number of ketones is 1. The number of unbranched alkanes of at least 4 members (excludes halogenated alkanes) is 1. The minimum atomic E-state index is -0.344. The van der Waals surface area contributed by atoms with Crippen LogP contribution in [0.25, 0.3) is 0 Å². The number of carbonyl (C=O) groups excluding carboxylic acids is 1. The number of aromatic nitrogens is 6. The van der Waals surface area contributed by atoms with Crippen LogP contribution in [0.3, 0.4) is 0 Å². The van der Waals surface area contributed by atoms with Gasteiger partial charge in [-0.15, -0.1) is 5.10 Å². The van der Waals surface area contributed by atoms with Crippen molar-refractivity contribution in [1.82, 2.24) is 30.4 Å². The molecule has 0 spiro atoms. The lowest BCUT2D eigenvalue weighted by Gasteiger charge is -2.20. The number of thioether (sulfide) groups is 1. The highest BCUT2D eigenvalue weighted by Crippen LogP contribution is 2.32. The van der Waals surface area contributed by atoms with Gasteiger partial charge in [0.2, 0.25) is 9.93 Å². The van der Waals surface area contributed by atoms with E-state index < -0.39 is 0 Å². The Kier molecular flexibility index (Phi) is 9.03. The van der Waals surface area contributed by atoms with Gasteiger partial charge in [-0.3, -0.25) is 20.1 Å². The first-order valence-corrected chi connectivity index (χ1v) is 14.8. The molecule has 3 N–H and O–H groups in total. The molecule has 2 heterocycles. The maximum absolute atomic E-state index is 14.0. The maximum atomic E-state index is 14.0. The quantitative estimate of drug-likeness (QED) is 0.0643. The van der Waals surface area contributed by atoms with Crippen LogP contribution in [0, 0.1) is 18.6 Å². The lowest BCUT2D eigenvalue weighted by molar-refractivity contribution is 0.0972. The van der Waals surface area contributed by atoms with Crippen molar-refractivity contribution >= 4 is 29.8 Å². The number of nitrogens with one attached hydrogen (secondary N) is 3. The highest BCUT2D eigenvalue weighted by molar-refractivity contribution is 7.98. The molecule has 0 radical (unpaired) electrons. The predicted octanol–water partition coefficient (Wildman–Crippen LogP) is 7.07. The molecule has 0 saturated heterocycles. The minimum Gasteiger partial charge on any atom is -0.293 e. The van der Waals surface area contributed by atoms with Crippen LogP contribution >= 0.6 is 24.0 Å². The Morgan fingerprint density at radius 2 is 1.45 bits per heavy atom. The zero-order valence-electron chi connectivity index (χ0n) is 22.6. The average molecular weight is 569 g/mol. The van der Waals surface area contributed by atoms with Crippen molar-refractivity contribution in [3.8, 4) is 0 Å². The number of carbonyl (C=O) groups is 1. The molecule has 204 valence electrons. The van der Waals surface area contributed by atoms with E-state index in [0.29, 0.717) is 4.77 Å². The number of H-pyrrole nitrogens is 3. The number of nitrogens with zero attached hydrogens (tertiary/aromatic N) is 3. The summed E-state index contributed by atoms with van der Waals surface area (Å²) in [6.07, 6.45) is 3.64. The van der Waals surface area contributed by atoms with E-state index in [9.17, 15) is 4.79 Å². The van der Waals surface area contributed by atoms with E-state index in [0.717, 1.165) is 81.6 Å². The summed E-state index contributed by atoms with van der Waals surface area (Å²) in [7, 11) is 0. The smallest absolute Gasteiger partial charge is 0.213 e. The van der Waals surface area contributed by atoms with E-state index in [1.165, 1.54) is 0 Å². The van der Waals surface area contributed by atoms with Gasteiger partial charge in [0, 0.05) is 24.2 Å². The molecular formula is C31H32N6OS2. The number of rotatable bonds is 12. The van der Waals surface area contributed by atoms with E-state index in [1.54, 1.807) is 11.8 Å². The van der Waals surface area contributed by atoms with Crippen LogP contribution in [0.2, 0.25) is 0 Å². The first-order chi connectivity index (χ1) is 19.5. The molecule has 0 atom stereocenters. The molecule has 0 aliphatic carbocycles. The topological polar surface area (TPSA) is 103 Å². The average Bonchev–Trinajstić information content (AvgIpc) is 3.59. The number of hydrogen-bond acceptors (Lipinski definition) is 6. The van der Waals surface area contributed by atoms with E-state index in [4.69, 9.17) is 12.2 Å². The summed E-state index contributed by atoms with van der Waals surface area (Å²) in [5.41, 5.74) is 5.93. The van der Waals surface area contributed by atoms with Gasteiger partial charge in [0.25, 0.3) is 0 Å². The summed E-state index contributed by atoms with van der Waals surface area (Å²) in [5.74, 6) is 2.28. The lowest BCUT2D eigenvalue weighted by atomic mass is 9.82. The van der Waals surface area contributed by atoms with Crippen LogP contribution in [-0.4, -0.2) is 36.1 Å². The van der Waals surface area contributed by atoms with Crippen molar-refractivity contribution in [2.24, 2.45) is 0 Å². The lowest BCUT2D eigenvalue weighted by Crippen LogP contribution is -2.17. The van der Waals surface area contributed by atoms with Crippen molar-refractivity contribution in [2.45, 2.75) is 56.4 Å². The fourth-order valence-electron chi connectivity index (χ4n) is 5.07. The molecule has 3 aromatic carbocycles. The SMILES string of the molecule is Cc1cc(CSc2n[nH]c(CCCCc3nc(=S)[nH][nH]3)n2)cc(C)c1C(=O)C(c1ccccc1)c1ccccc1. The fraction of sp³-hybridized carbons (Fsp3) is 0.258. The van der Waals surface area contributed by atoms with Crippen LogP contribution in [0.4, 0.5) is 0 Å². The van der Waals surface area contributed by atoms with Gasteiger partial charge in [-0.05, 0) is 66.7 Å². The maximum Gasteiger partial charge on any atom is 0.213 e. The third kappa shape index (κ3) is 6.84. The zero-order chi connectivity index (χ0) is 27.9. The Labute approximate surface area is 243 Å². The molecule has 5 rings (SSSR count). The first kappa shape index (κ1) is 27.7. The van der Waals surface area contributed by atoms with Crippen molar-refractivity contribution in [1.29, 1.82) is 0 Å². The van der Waals surface area contributed by atoms with Gasteiger partial charge < -0.3 is 0 Å². The highest BCUT2D eigenvalue weighted by Gasteiger charge is 2.26. The van der Waals surface area contributed by atoms with Gasteiger partial charge in [-0.25, -0.2) is 9.97 Å². The van der Waals surface area contributed by atoms with Gasteiger partial charge in [0.15, 0.2) is 5.78 Å². The second-order valence-electron chi connectivity index (χ2n) is 9.90. The fourth-order valence-corrected chi connectivity index (χ4v) is 5.97. The van der Waals surface area contributed by atoms with E-state index in [1.807, 2.05) is 74.5 Å². The molecule has 0 amide bonds. The minimum absolute atomic E-state index is 0.125. The molecule has 5 aromatic rings. The van der Waals surface area contributed by atoms with Crippen molar-refractivity contribution in [3.63, 3.8) is 0 Å². The molecule has 0 unspecified atom stereocenters. The summed E-state index contributed by atoms with van der Waals surface area (Å²) in [5, 5.41) is 14.0. The normalized spacial score (nSPS) is 11.3. The molecule has 0 saturated carbocycles. The van der Waals surface area contributed by atoms with Crippen LogP contribution in [0.1, 0.15) is 68.6 Å². The summed E-state index contributed by atoms with van der Waals surface area (Å²) in [6, 6.07) is 24.3. The molecule has 7 nitrogen and oxygen atoms in total. The van der Waals surface area contributed by atoms with Gasteiger partial charge in [-0.1, -0.05) is 84.6 Å². The Morgan fingerprint density at radius 1 is 0.850 bits per heavy atom. The first-order valence-electron chi connectivity index (χ1n) is 13.4. The monoisotopic (exact) mass is 568 g/mol. The van der Waals surface area contributed by atoms with Gasteiger partial charge in [0.05, 0.1) is 5.92 Å². The van der Waals surface area contributed by atoms with Crippen LogP contribution in [0.15, 0.2) is 78.0 Å². The Balaban J connectivity index is 1.23. The molecular weight excluding hydrogens is 537 g/mol. The number of benzene rings is 3. The summed E-state index contributed by atoms with van der Waals surface area (Å²) in [4.78, 5) is 22.9. The summed E-state index contributed by atoms with van der Waals surface area (Å²) < 4.78 is 0.488. The van der Waals surface area contributed by atoms with Crippen molar-refractivity contribution in [3.05, 3.63) is 123 Å². The van der Waals surface area contributed by atoms with E-state index in [2.05, 4.69) is 42.5 Å². The van der Waals surface area contributed by atoms with Crippen molar-refractivity contribution < 1.29 is 4.79 Å². The standard InChI is InChI=1S/C31H32N6OS2/c1-20-17-22(19-40-31-33-26(35-37-31)16-10-9-15-25-32-30(39)36-34-25)18-21(2)27(20)29(38)28(23-11-5-3-6-12-23)24-13-7-4-8-14-24/h3-8,11-14,17-18,28H,9-10,15-16,19H2,1-2H3,(H,33,35,37)(H2,32,34,36,39). The molecule has 0 aliphatic heterocycles. The molecule has 0 fully saturated rings. The number of hydrogen-bond donors (Lipinski definition) is 3. The predicted molar refractivity (Wildman–Crippen MR) is 161 cm³/mol. The number of aromatic amines is 3. The van der Waals surface area contributed by atoms with Crippen LogP contribution < -0.4 is 0 Å². The third-order valence-electron chi connectivity index (χ3n) is 6.87. The zero-order valence-corrected chi connectivity index (χ0v) is 24.2. The molecule has 0 bridgehead atoms. The van der Waals surface area contributed by atoms with E-state index >= 15 is 0 Å². The molecule has 40 heavy (non-hydrogen) atoms. The van der Waals surface area contributed by atoms with E-state index in [-0.39, 0.29) is 11.7 Å². The van der Waals surface area contributed by atoms with Gasteiger partial charge >= 0.3 is 0 Å². The summed E-state index contributed by atoms with van der Waals surface area (Å²) in [6.45, 7) is 4.06. The number of aryl methyl sites for hydroxylation is 4. The Hall–Kier alpha value is -3.82. The van der Waals surface area contributed by atoms with Crippen LogP contribution in [0.5, 0.6) is 0 Å². The second-order valence-corrected chi connectivity index (χ2v) is 11.2. The van der Waals surface area contributed by atoms with Crippen LogP contribution in [-0.2, 0) is 18.6 Å². The third-order valence-corrected chi connectivity index (χ3v) is 7.99. The Morgan fingerprint density at radius 3 is 2.02 bits per heavy atom. The van der Waals surface area contributed by atoms with Gasteiger partial charge in [0.1, 0.15) is 11.6 Å². The number of Topliss-reactive ketones (excluding diaryl/α,β-unsaturated/α-hetero) is 1. The molecule has 2 aromatic heterocycles.